The third-order valence-electron chi connectivity index (χ3n) is 4.15. The van der Waals surface area contributed by atoms with Crippen LogP contribution in [0.3, 0.4) is 0 Å². The average Bonchev–Trinajstić information content (AvgIpc) is 2.65. The molecule has 1 N–H and O–H groups in total. The van der Waals surface area contributed by atoms with Crippen molar-refractivity contribution in [1.82, 2.24) is 9.78 Å². The van der Waals surface area contributed by atoms with Crippen LogP contribution in [0.1, 0.15) is 13.8 Å². The van der Waals surface area contributed by atoms with E-state index >= 15 is 0 Å². The number of sulfone groups is 1. The highest BCUT2D eigenvalue weighted by Crippen LogP contribution is 2.28. The molecule has 0 spiro atoms. The lowest BCUT2D eigenvalue weighted by Crippen LogP contribution is -2.31. The largest absolute Gasteiger partial charge is 0.484 e. The molecule has 0 amide bonds. The highest BCUT2D eigenvalue weighted by Gasteiger charge is 2.20. The molecule has 3 aromatic rings. The summed E-state index contributed by atoms with van der Waals surface area (Å²) in [5.74, 6) is -0.0146. The van der Waals surface area contributed by atoms with Gasteiger partial charge in [-0.3, -0.25) is 4.79 Å². The molecule has 7 nitrogen and oxygen atoms in total. The molecule has 0 aliphatic rings. The number of benzene rings is 2. The zero-order valence-electron chi connectivity index (χ0n) is 16.7. The molecule has 0 saturated heterocycles. The van der Waals surface area contributed by atoms with E-state index in [0.717, 1.165) is 10.9 Å². The Bertz CT molecular complexity index is 1230. The summed E-state index contributed by atoms with van der Waals surface area (Å²) in [6.45, 7) is 2.99. The molecule has 3 rings (SSSR count). The Morgan fingerprint density at radius 3 is 2.40 bits per heavy atom. The van der Waals surface area contributed by atoms with Crippen LogP contribution < -0.4 is 10.3 Å². The van der Waals surface area contributed by atoms with Crippen molar-refractivity contribution in [3.63, 3.8) is 0 Å². The minimum Gasteiger partial charge on any atom is -0.484 e. The first-order chi connectivity index (χ1) is 14.0. The minimum atomic E-state index is -3.35. The molecule has 0 aliphatic heterocycles. The molecule has 0 atom stereocenters. The molecule has 1 aromatic heterocycles. The third kappa shape index (κ3) is 5.08. The lowest BCUT2D eigenvalue weighted by Gasteiger charge is -2.19. The Labute approximate surface area is 179 Å². The maximum Gasteiger partial charge on any atom is 0.314 e. The second-order valence-corrected chi connectivity index (χ2v) is 9.93. The second kappa shape index (κ2) is 8.22. The number of hydrogen-bond donors (Lipinski definition) is 1. The Morgan fingerprint density at radius 1 is 1.17 bits per heavy atom. The molecular formula is C21H21ClN2O5S. The molecule has 1 heterocycles. The Hall–Kier alpha value is -2.68. The number of ether oxygens (including phenoxy) is 1. The Morgan fingerprint density at radius 2 is 1.83 bits per heavy atom. The van der Waals surface area contributed by atoms with Crippen LogP contribution in [-0.2, 0) is 9.84 Å². The van der Waals surface area contributed by atoms with Crippen molar-refractivity contribution < 1.29 is 18.3 Å². The van der Waals surface area contributed by atoms with Gasteiger partial charge in [-0.15, -0.1) is 0 Å². The standard InChI is InChI=1S/C21H21ClN2O5S/c1-21(2,26)13-29-19-18(14-7-9-17(10-8-14)30(3,27)28)12-23-24(20(19)25)16-6-4-5-15(22)11-16/h4-12,26H,13H2,1-3H3. The molecule has 0 bridgehead atoms. The van der Waals surface area contributed by atoms with Gasteiger partial charge in [0.05, 0.1) is 22.4 Å². The van der Waals surface area contributed by atoms with E-state index < -0.39 is 21.0 Å². The Kier molecular flexibility index (Phi) is 6.03. The van der Waals surface area contributed by atoms with Gasteiger partial charge in [-0.2, -0.15) is 9.78 Å². The van der Waals surface area contributed by atoms with Crippen LogP contribution in [0.15, 0.2) is 64.4 Å². The van der Waals surface area contributed by atoms with Gasteiger partial charge in [-0.1, -0.05) is 29.8 Å². The Balaban J connectivity index is 2.15. The maximum absolute atomic E-state index is 13.2. The zero-order chi connectivity index (χ0) is 22.1. The van der Waals surface area contributed by atoms with E-state index in [1.165, 1.54) is 18.3 Å². The number of nitrogens with zero attached hydrogens (tertiary/aromatic N) is 2. The fourth-order valence-electron chi connectivity index (χ4n) is 2.71. The molecule has 2 aromatic carbocycles. The van der Waals surface area contributed by atoms with Gasteiger partial charge in [0, 0.05) is 16.8 Å². The van der Waals surface area contributed by atoms with Crippen LogP contribution in [0.4, 0.5) is 0 Å². The monoisotopic (exact) mass is 448 g/mol. The van der Waals surface area contributed by atoms with E-state index in [4.69, 9.17) is 16.3 Å². The topological polar surface area (TPSA) is 98.5 Å². The summed E-state index contributed by atoms with van der Waals surface area (Å²) in [7, 11) is -3.35. The SMILES string of the molecule is CC(C)(O)COc1c(-c2ccc(S(C)(=O)=O)cc2)cnn(-c2cccc(Cl)c2)c1=O. The molecule has 0 aliphatic carbocycles. The predicted molar refractivity (Wildman–Crippen MR) is 115 cm³/mol. The van der Waals surface area contributed by atoms with Gasteiger partial charge < -0.3 is 9.84 Å². The number of rotatable bonds is 6. The van der Waals surface area contributed by atoms with Crippen LogP contribution in [0, 0.1) is 0 Å². The number of aromatic nitrogens is 2. The highest BCUT2D eigenvalue weighted by atomic mass is 35.5. The van der Waals surface area contributed by atoms with Crippen molar-refractivity contribution in [2.24, 2.45) is 0 Å². The summed E-state index contributed by atoms with van der Waals surface area (Å²) in [5, 5.41) is 14.7. The second-order valence-electron chi connectivity index (χ2n) is 7.48. The highest BCUT2D eigenvalue weighted by molar-refractivity contribution is 7.90. The van der Waals surface area contributed by atoms with Crippen LogP contribution >= 0.6 is 11.6 Å². The van der Waals surface area contributed by atoms with Crippen molar-refractivity contribution >= 4 is 21.4 Å². The van der Waals surface area contributed by atoms with Gasteiger partial charge in [-0.25, -0.2) is 8.42 Å². The van der Waals surface area contributed by atoms with E-state index in [-0.39, 0.29) is 17.3 Å². The average molecular weight is 449 g/mol. The van der Waals surface area contributed by atoms with E-state index in [1.54, 1.807) is 50.2 Å². The van der Waals surface area contributed by atoms with Gasteiger partial charge >= 0.3 is 5.56 Å². The van der Waals surface area contributed by atoms with E-state index in [2.05, 4.69) is 5.10 Å². The molecule has 158 valence electrons. The van der Waals surface area contributed by atoms with E-state index in [9.17, 15) is 18.3 Å². The lowest BCUT2D eigenvalue weighted by atomic mass is 10.1. The van der Waals surface area contributed by atoms with Crippen LogP contribution in [0.25, 0.3) is 16.8 Å². The first-order valence-electron chi connectivity index (χ1n) is 9.00. The summed E-state index contributed by atoms with van der Waals surface area (Å²) >= 11 is 6.03. The van der Waals surface area contributed by atoms with Crippen molar-refractivity contribution in [3.05, 3.63) is 70.1 Å². The third-order valence-corrected chi connectivity index (χ3v) is 5.51. The quantitative estimate of drug-likeness (QED) is 0.622. The summed E-state index contributed by atoms with van der Waals surface area (Å²) in [5.41, 5.74) is -0.321. The first kappa shape index (κ1) is 22.0. The fourth-order valence-corrected chi connectivity index (χ4v) is 3.52. The first-order valence-corrected chi connectivity index (χ1v) is 11.3. The van der Waals surface area contributed by atoms with Gasteiger partial charge in [0.15, 0.2) is 15.6 Å². The lowest BCUT2D eigenvalue weighted by molar-refractivity contribution is 0.0280. The maximum atomic E-state index is 13.2. The van der Waals surface area contributed by atoms with Gasteiger partial charge in [0.2, 0.25) is 0 Å². The molecule has 0 fully saturated rings. The molecule has 0 saturated carbocycles. The van der Waals surface area contributed by atoms with Gasteiger partial charge in [0.1, 0.15) is 6.61 Å². The minimum absolute atomic E-state index is 0.0146. The van der Waals surface area contributed by atoms with E-state index in [1.807, 2.05) is 0 Å². The number of halogens is 1. The van der Waals surface area contributed by atoms with Crippen molar-refractivity contribution in [3.8, 4) is 22.6 Å². The number of aliphatic hydroxyl groups is 1. The molecule has 9 heteroatoms. The summed E-state index contributed by atoms with van der Waals surface area (Å²) < 4.78 is 30.3. The predicted octanol–water partition coefficient (Wildman–Crippen LogP) is 3.11. The molecule has 0 unspecified atom stereocenters. The summed E-state index contributed by atoms with van der Waals surface area (Å²) in [6.07, 6.45) is 2.57. The summed E-state index contributed by atoms with van der Waals surface area (Å²) in [6, 6.07) is 12.7. The fraction of sp³-hybridized carbons (Fsp3) is 0.238. The van der Waals surface area contributed by atoms with Crippen LogP contribution in [-0.4, -0.2) is 41.8 Å². The number of hydrogen-bond acceptors (Lipinski definition) is 6. The van der Waals surface area contributed by atoms with Crippen molar-refractivity contribution in [2.45, 2.75) is 24.3 Å². The molecular weight excluding hydrogens is 428 g/mol. The normalized spacial score (nSPS) is 12.0. The van der Waals surface area contributed by atoms with Crippen LogP contribution in [0.2, 0.25) is 5.02 Å². The molecule has 30 heavy (non-hydrogen) atoms. The van der Waals surface area contributed by atoms with Gasteiger partial charge in [0.25, 0.3) is 0 Å². The smallest absolute Gasteiger partial charge is 0.314 e. The van der Waals surface area contributed by atoms with Crippen LogP contribution in [0.5, 0.6) is 5.75 Å². The van der Waals surface area contributed by atoms with Gasteiger partial charge in [-0.05, 0) is 49.7 Å². The van der Waals surface area contributed by atoms with Crippen molar-refractivity contribution in [1.29, 1.82) is 0 Å². The zero-order valence-corrected chi connectivity index (χ0v) is 18.2. The molecule has 0 radical (unpaired) electrons. The summed E-state index contributed by atoms with van der Waals surface area (Å²) in [4.78, 5) is 13.3. The van der Waals surface area contributed by atoms with E-state index in [0.29, 0.717) is 21.8 Å². The van der Waals surface area contributed by atoms with Crippen molar-refractivity contribution in [2.75, 3.05) is 12.9 Å².